The fourth-order valence-corrected chi connectivity index (χ4v) is 1.56. The van der Waals surface area contributed by atoms with Crippen LogP contribution in [-0.4, -0.2) is 33.9 Å². The number of rotatable bonds is 6. The van der Waals surface area contributed by atoms with Crippen molar-refractivity contribution in [2.45, 2.75) is 26.5 Å². The summed E-state index contributed by atoms with van der Waals surface area (Å²) in [5.74, 6) is 0.526. The number of nitrogens with one attached hydrogen (secondary N) is 1. The molecule has 0 aliphatic rings. The Kier molecular flexibility index (Phi) is 5.61. The van der Waals surface area contributed by atoms with Crippen molar-refractivity contribution >= 4 is 11.6 Å². The van der Waals surface area contributed by atoms with Crippen molar-refractivity contribution < 1.29 is 5.11 Å². The summed E-state index contributed by atoms with van der Waals surface area (Å²) in [6, 6.07) is 0. The van der Waals surface area contributed by atoms with E-state index < -0.39 is 11.8 Å². The van der Waals surface area contributed by atoms with E-state index in [2.05, 4.69) is 24.1 Å². The Labute approximate surface area is 105 Å². The molecule has 0 saturated heterocycles. The van der Waals surface area contributed by atoms with Gasteiger partial charge in [0, 0.05) is 12.7 Å². The van der Waals surface area contributed by atoms with Crippen LogP contribution in [0.25, 0.3) is 0 Å². The zero-order valence-electron chi connectivity index (χ0n) is 10.1. The van der Waals surface area contributed by atoms with E-state index in [9.17, 15) is 9.90 Å². The van der Waals surface area contributed by atoms with Gasteiger partial charge in [-0.3, -0.25) is 4.57 Å². The Balaban J connectivity index is 2.47. The molecular weight excluding hydrogens is 242 g/mol. The van der Waals surface area contributed by atoms with Gasteiger partial charge in [0.2, 0.25) is 0 Å². The first-order valence-electron chi connectivity index (χ1n) is 5.60. The largest absolute Gasteiger partial charge is 0.390 e. The van der Waals surface area contributed by atoms with Gasteiger partial charge in [-0.1, -0.05) is 25.4 Å². The van der Waals surface area contributed by atoms with Crippen molar-refractivity contribution in [2.24, 2.45) is 5.92 Å². The van der Waals surface area contributed by atoms with Crippen molar-refractivity contribution in [3.05, 3.63) is 27.9 Å². The molecule has 1 atom stereocenters. The average Bonchev–Trinajstić information content (AvgIpc) is 2.23. The molecule has 0 aliphatic heterocycles. The molecular formula is C11H18ClN3O2. The Morgan fingerprint density at radius 1 is 1.53 bits per heavy atom. The van der Waals surface area contributed by atoms with Crippen molar-refractivity contribution in [1.29, 1.82) is 0 Å². The van der Waals surface area contributed by atoms with Gasteiger partial charge in [-0.2, -0.15) is 0 Å². The molecule has 0 aliphatic carbocycles. The second kappa shape index (κ2) is 6.74. The van der Waals surface area contributed by atoms with Gasteiger partial charge in [0.25, 0.3) is 0 Å². The Hall–Kier alpha value is -0.910. The van der Waals surface area contributed by atoms with E-state index >= 15 is 0 Å². The van der Waals surface area contributed by atoms with Crippen LogP contribution in [0.4, 0.5) is 0 Å². The normalized spacial score (nSPS) is 13.0. The van der Waals surface area contributed by atoms with E-state index in [0.717, 1.165) is 6.54 Å². The molecule has 5 nitrogen and oxygen atoms in total. The third-order valence-corrected chi connectivity index (χ3v) is 2.36. The highest BCUT2D eigenvalue weighted by molar-refractivity contribution is 6.30. The van der Waals surface area contributed by atoms with E-state index in [-0.39, 0.29) is 6.54 Å². The van der Waals surface area contributed by atoms with Crippen molar-refractivity contribution in [3.63, 3.8) is 0 Å². The molecule has 1 rings (SSSR count). The summed E-state index contributed by atoms with van der Waals surface area (Å²) in [5, 5.41) is 13.2. The number of aliphatic hydroxyl groups excluding tert-OH is 1. The van der Waals surface area contributed by atoms with Crippen molar-refractivity contribution in [1.82, 2.24) is 14.9 Å². The predicted molar refractivity (Wildman–Crippen MR) is 67.2 cm³/mol. The zero-order valence-corrected chi connectivity index (χ0v) is 10.8. The molecule has 0 bridgehead atoms. The highest BCUT2D eigenvalue weighted by atomic mass is 35.5. The molecule has 0 fully saturated rings. The summed E-state index contributed by atoms with van der Waals surface area (Å²) < 4.78 is 1.31. The lowest BCUT2D eigenvalue weighted by atomic mass is 10.2. The second-order valence-electron chi connectivity index (χ2n) is 4.41. The molecule has 1 aromatic heterocycles. The van der Waals surface area contributed by atoms with Crippen molar-refractivity contribution in [3.8, 4) is 0 Å². The van der Waals surface area contributed by atoms with Gasteiger partial charge in [-0.05, 0) is 12.5 Å². The maximum atomic E-state index is 11.4. The minimum atomic E-state index is -0.633. The maximum Gasteiger partial charge on any atom is 0.347 e. The number of hydrogen-bond donors (Lipinski definition) is 2. The van der Waals surface area contributed by atoms with Crippen molar-refractivity contribution in [2.75, 3.05) is 13.1 Å². The molecule has 2 N–H and O–H groups in total. The van der Waals surface area contributed by atoms with E-state index in [0.29, 0.717) is 17.5 Å². The minimum Gasteiger partial charge on any atom is -0.390 e. The molecule has 1 heterocycles. The van der Waals surface area contributed by atoms with Crippen LogP contribution in [0.5, 0.6) is 0 Å². The average molecular weight is 260 g/mol. The van der Waals surface area contributed by atoms with Gasteiger partial charge >= 0.3 is 5.69 Å². The Morgan fingerprint density at radius 2 is 2.24 bits per heavy atom. The number of nitrogens with zero attached hydrogens (tertiary/aromatic N) is 2. The van der Waals surface area contributed by atoms with Crippen LogP contribution < -0.4 is 11.0 Å². The van der Waals surface area contributed by atoms with E-state index in [1.807, 2.05) is 0 Å². The first-order chi connectivity index (χ1) is 7.99. The van der Waals surface area contributed by atoms with Crippen LogP contribution >= 0.6 is 11.6 Å². The summed E-state index contributed by atoms with van der Waals surface area (Å²) in [4.78, 5) is 14.9. The summed E-state index contributed by atoms with van der Waals surface area (Å²) in [7, 11) is 0. The lowest BCUT2D eigenvalue weighted by Crippen LogP contribution is -2.35. The summed E-state index contributed by atoms with van der Waals surface area (Å²) in [5.41, 5.74) is -0.405. The third kappa shape index (κ3) is 5.30. The molecule has 0 amide bonds. The molecule has 17 heavy (non-hydrogen) atoms. The van der Waals surface area contributed by atoms with Crippen LogP contribution in [0.3, 0.4) is 0 Å². The third-order valence-electron chi connectivity index (χ3n) is 2.16. The van der Waals surface area contributed by atoms with Crippen LogP contribution in [-0.2, 0) is 6.54 Å². The molecule has 96 valence electrons. The standard InChI is InChI=1S/C11H18ClN3O2/c1-8(2)3-13-5-10(16)7-15-6-9(12)4-14-11(15)17/h4,6,8,10,13,16H,3,5,7H2,1-2H3. The number of aromatic nitrogens is 2. The Bertz CT molecular complexity index is 406. The van der Waals surface area contributed by atoms with Crippen LogP contribution in [0, 0.1) is 5.92 Å². The zero-order chi connectivity index (χ0) is 12.8. The van der Waals surface area contributed by atoms with Gasteiger partial charge in [0.1, 0.15) is 0 Å². The molecule has 1 unspecified atom stereocenters. The number of halogens is 1. The highest BCUT2D eigenvalue weighted by Gasteiger charge is 2.07. The lowest BCUT2D eigenvalue weighted by Gasteiger charge is -2.14. The van der Waals surface area contributed by atoms with Crippen LogP contribution in [0.15, 0.2) is 17.2 Å². The van der Waals surface area contributed by atoms with E-state index in [1.165, 1.54) is 17.0 Å². The molecule has 0 saturated carbocycles. The van der Waals surface area contributed by atoms with Gasteiger partial charge in [0.05, 0.1) is 23.9 Å². The van der Waals surface area contributed by atoms with Gasteiger partial charge in [0.15, 0.2) is 0 Å². The number of hydrogen-bond acceptors (Lipinski definition) is 4. The molecule has 0 aromatic carbocycles. The van der Waals surface area contributed by atoms with Gasteiger partial charge in [-0.25, -0.2) is 9.78 Å². The molecule has 0 spiro atoms. The molecule has 6 heteroatoms. The minimum absolute atomic E-state index is 0.192. The Morgan fingerprint density at radius 3 is 2.88 bits per heavy atom. The fraction of sp³-hybridized carbons (Fsp3) is 0.636. The highest BCUT2D eigenvalue weighted by Crippen LogP contribution is 2.01. The quantitative estimate of drug-likeness (QED) is 0.781. The van der Waals surface area contributed by atoms with E-state index in [4.69, 9.17) is 11.6 Å². The topological polar surface area (TPSA) is 67.2 Å². The van der Waals surface area contributed by atoms with Gasteiger partial charge in [-0.15, -0.1) is 0 Å². The summed E-state index contributed by atoms with van der Waals surface area (Å²) in [6.45, 7) is 5.64. The lowest BCUT2D eigenvalue weighted by molar-refractivity contribution is 0.148. The monoisotopic (exact) mass is 259 g/mol. The van der Waals surface area contributed by atoms with Crippen LogP contribution in [0.1, 0.15) is 13.8 Å². The SMILES string of the molecule is CC(C)CNCC(O)Cn1cc(Cl)cnc1=O. The predicted octanol–water partition coefficient (Wildman–Crippen LogP) is 0.503. The first-order valence-corrected chi connectivity index (χ1v) is 5.97. The summed E-state index contributed by atoms with van der Waals surface area (Å²) >= 11 is 5.73. The second-order valence-corrected chi connectivity index (χ2v) is 4.85. The first kappa shape index (κ1) is 14.2. The number of aliphatic hydroxyl groups is 1. The van der Waals surface area contributed by atoms with Crippen LogP contribution in [0.2, 0.25) is 5.02 Å². The maximum absolute atomic E-state index is 11.4. The summed E-state index contributed by atoms with van der Waals surface area (Å²) in [6.07, 6.45) is 2.14. The molecule has 0 radical (unpaired) electrons. The fourth-order valence-electron chi connectivity index (χ4n) is 1.39. The van der Waals surface area contributed by atoms with Gasteiger partial charge < -0.3 is 10.4 Å². The molecule has 1 aromatic rings. The smallest absolute Gasteiger partial charge is 0.347 e. The van der Waals surface area contributed by atoms with E-state index in [1.54, 1.807) is 0 Å².